The van der Waals surface area contributed by atoms with Crippen molar-refractivity contribution in [3.63, 3.8) is 0 Å². The van der Waals surface area contributed by atoms with Gasteiger partial charge in [-0.3, -0.25) is 9.69 Å². The van der Waals surface area contributed by atoms with Crippen LogP contribution >= 0.6 is 0 Å². The van der Waals surface area contributed by atoms with Crippen LogP contribution in [-0.2, 0) is 4.79 Å². The van der Waals surface area contributed by atoms with E-state index in [0.29, 0.717) is 11.1 Å². The summed E-state index contributed by atoms with van der Waals surface area (Å²) in [5.74, 6) is -0.439. The van der Waals surface area contributed by atoms with E-state index in [1.165, 1.54) is 26.4 Å². The van der Waals surface area contributed by atoms with Crippen LogP contribution in [0.3, 0.4) is 0 Å². The second-order valence-electron chi connectivity index (χ2n) is 7.08. The van der Waals surface area contributed by atoms with E-state index in [1.807, 2.05) is 30.5 Å². The first-order chi connectivity index (χ1) is 14.6. The molecule has 0 aliphatic carbocycles. The van der Waals surface area contributed by atoms with Crippen molar-refractivity contribution in [2.75, 3.05) is 40.4 Å². The van der Waals surface area contributed by atoms with E-state index in [1.54, 1.807) is 17.0 Å². The number of rotatable bonds is 4. The minimum atomic E-state index is -0.548. The minimum absolute atomic E-state index is 0.0370. The van der Waals surface area contributed by atoms with Gasteiger partial charge in [-0.05, 0) is 41.5 Å². The SMILES string of the molecule is COc1cc(C2=C\C(=O)N3C=C(N4CCNCC4)C=C\C3=C/C=C/2)cc(F)c1OC. The molecule has 3 aliphatic rings. The number of carbonyl (C=O) groups is 1. The second kappa shape index (κ2) is 8.59. The zero-order chi connectivity index (χ0) is 21.1. The molecule has 1 saturated heterocycles. The van der Waals surface area contributed by atoms with Crippen LogP contribution in [-0.4, -0.2) is 56.1 Å². The molecular weight excluding hydrogens is 385 g/mol. The maximum absolute atomic E-state index is 14.5. The third-order valence-corrected chi connectivity index (χ3v) is 5.27. The van der Waals surface area contributed by atoms with Gasteiger partial charge in [0.1, 0.15) is 0 Å². The van der Waals surface area contributed by atoms with E-state index < -0.39 is 5.82 Å². The Bertz CT molecular complexity index is 1000. The smallest absolute Gasteiger partial charge is 0.255 e. The van der Waals surface area contributed by atoms with E-state index in [9.17, 15) is 9.18 Å². The van der Waals surface area contributed by atoms with Gasteiger partial charge in [0, 0.05) is 44.2 Å². The van der Waals surface area contributed by atoms with Crippen molar-refractivity contribution in [1.82, 2.24) is 15.1 Å². The third kappa shape index (κ3) is 3.89. The van der Waals surface area contributed by atoms with Crippen molar-refractivity contribution in [2.24, 2.45) is 0 Å². The maximum atomic E-state index is 14.5. The summed E-state index contributed by atoms with van der Waals surface area (Å²) in [5, 5.41) is 3.33. The highest BCUT2D eigenvalue weighted by atomic mass is 19.1. The molecule has 0 aromatic heterocycles. The predicted octanol–water partition coefficient (Wildman–Crippen LogP) is 2.83. The Balaban J connectivity index is 1.68. The van der Waals surface area contributed by atoms with Crippen molar-refractivity contribution in [1.29, 1.82) is 0 Å². The highest BCUT2D eigenvalue weighted by Crippen LogP contribution is 2.34. The molecule has 1 aromatic rings. The summed E-state index contributed by atoms with van der Waals surface area (Å²) in [7, 11) is 2.84. The van der Waals surface area contributed by atoms with Crippen molar-refractivity contribution in [3.05, 3.63) is 77.6 Å². The summed E-state index contributed by atoms with van der Waals surface area (Å²) in [5.41, 5.74) is 2.90. The molecule has 1 fully saturated rings. The molecule has 4 rings (SSSR count). The van der Waals surface area contributed by atoms with Gasteiger partial charge in [-0.1, -0.05) is 12.2 Å². The number of nitrogens with zero attached hydrogens (tertiary/aromatic N) is 2. The molecule has 0 atom stereocenters. The summed E-state index contributed by atoms with van der Waals surface area (Å²) in [6.07, 6.45) is 12.8. The molecule has 1 amide bonds. The lowest BCUT2D eigenvalue weighted by atomic mass is 10.0. The molecule has 0 unspecified atom stereocenters. The largest absolute Gasteiger partial charge is 0.493 e. The van der Waals surface area contributed by atoms with E-state index >= 15 is 0 Å². The molecule has 3 aliphatic heterocycles. The number of halogens is 1. The Morgan fingerprint density at radius 1 is 1.03 bits per heavy atom. The fraction of sp³-hybridized carbons (Fsp3) is 0.261. The van der Waals surface area contributed by atoms with Gasteiger partial charge in [0.05, 0.1) is 19.9 Å². The van der Waals surface area contributed by atoms with Crippen molar-refractivity contribution >= 4 is 11.5 Å². The zero-order valence-corrected chi connectivity index (χ0v) is 17.0. The fourth-order valence-electron chi connectivity index (χ4n) is 3.70. The summed E-state index contributed by atoms with van der Waals surface area (Å²) < 4.78 is 24.8. The highest BCUT2D eigenvalue weighted by Gasteiger charge is 2.22. The van der Waals surface area contributed by atoms with E-state index in [0.717, 1.165) is 37.6 Å². The number of hydrogen-bond donors (Lipinski definition) is 1. The van der Waals surface area contributed by atoms with Gasteiger partial charge in [-0.2, -0.15) is 0 Å². The lowest BCUT2D eigenvalue weighted by Crippen LogP contribution is -2.43. The summed E-state index contributed by atoms with van der Waals surface area (Å²) in [4.78, 5) is 17.0. The van der Waals surface area contributed by atoms with Crippen molar-refractivity contribution in [3.8, 4) is 11.5 Å². The van der Waals surface area contributed by atoms with Crippen LogP contribution in [0, 0.1) is 5.82 Å². The number of benzene rings is 1. The second-order valence-corrected chi connectivity index (χ2v) is 7.08. The number of allylic oxidation sites excluding steroid dienone is 6. The van der Waals surface area contributed by atoms with E-state index in [-0.39, 0.29) is 17.4 Å². The van der Waals surface area contributed by atoms with Crippen LogP contribution in [0.15, 0.2) is 66.2 Å². The molecule has 1 N–H and O–H groups in total. The normalized spacial score (nSPS) is 23.3. The van der Waals surface area contributed by atoms with Gasteiger partial charge in [-0.15, -0.1) is 0 Å². The van der Waals surface area contributed by atoms with Crippen LogP contribution in [0.1, 0.15) is 5.56 Å². The monoisotopic (exact) mass is 409 g/mol. The lowest BCUT2D eigenvalue weighted by Gasteiger charge is -2.33. The molecule has 6 nitrogen and oxygen atoms in total. The van der Waals surface area contributed by atoms with Crippen LogP contribution in [0.2, 0.25) is 0 Å². The molecule has 7 heteroatoms. The number of carbonyl (C=O) groups excluding carboxylic acids is 1. The topological polar surface area (TPSA) is 54.0 Å². The van der Waals surface area contributed by atoms with E-state index in [4.69, 9.17) is 9.47 Å². The molecule has 1 aromatic carbocycles. The van der Waals surface area contributed by atoms with Crippen LogP contribution in [0.5, 0.6) is 11.5 Å². The quantitative estimate of drug-likeness (QED) is 0.829. The van der Waals surface area contributed by atoms with Crippen LogP contribution in [0.4, 0.5) is 4.39 Å². The van der Waals surface area contributed by atoms with Gasteiger partial charge < -0.3 is 19.7 Å². The van der Waals surface area contributed by atoms with Crippen LogP contribution in [0.25, 0.3) is 5.57 Å². The Morgan fingerprint density at radius 3 is 2.53 bits per heavy atom. The summed E-state index contributed by atoms with van der Waals surface area (Å²) in [6.45, 7) is 3.62. The first-order valence-corrected chi connectivity index (χ1v) is 9.81. The molecule has 0 bridgehead atoms. The van der Waals surface area contributed by atoms with Gasteiger partial charge in [0.15, 0.2) is 17.3 Å². The molecule has 0 saturated carbocycles. The molecule has 0 radical (unpaired) electrons. The average Bonchev–Trinajstić information content (AvgIpc) is 2.77. The van der Waals surface area contributed by atoms with Gasteiger partial charge in [0.25, 0.3) is 5.91 Å². The number of ether oxygens (including phenoxy) is 2. The standard InChI is InChI=1S/C23H24FN3O3/c1-29-21-13-17(12-20(24)23(21)30-2)16-4-3-5-18-6-7-19(15-27(18)22(28)14-16)26-10-8-25-9-11-26/h3-7,12-15,25H,8-11H2,1-2H3/b4-3+,16-14+,18-5+. The van der Waals surface area contributed by atoms with Crippen molar-refractivity contribution in [2.45, 2.75) is 0 Å². The molecule has 3 heterocycles. The van der Waals surface area contributed by atoms with Crippen molar-refractivity contribution < 1.29 is 18.7 Å². The maximum Gasteiger partial charge on any atom is 0.255 e. The minimum Gasteiger partial charge on any atom is -0.493 e. The molecule has 0 spiro atoms. The first-order valence-electron chi connectivity index (χ1n) is 9.81. The van der Waals surface area contributed by atoms with Crippen LogP contribution < -0.4 is 14.8 Å². The Morgan fingerprint density at radius 2 is 1.80 bits per heavy atom. The fourth-order valence-corrected chi connectivity index (χ4v) is 3.70. The van der Waals surface area contributed by atoms with Gasteiger partial charge in [0.2, 0.25) is 0 Å². The number of fused-ring (bicyclic) bond motifs is 1. The number of nitrogens with one attached hydrogen (secondary N) is 1. The van der Waals surface area contributed by atoms with E-state index in [2.05, 4.69) is 10.2 Å². The lowest BCUT2D eigenvalue weighted by molar-refractivity contribution is -0.122. The predicted molar refractivity (Wildman–Crippen MR) is 113 cm³/mol. The molecule has 30 heavy (non-hydrogen) atoms. The number of amides is 1. The highest BCUT2D eigenvalue weighted by molar-refractivity contribution is 6.00. The third-order valence-electron chi connectivity index (χ3n) is 5.27. The van der Waals surface area contributed by atoms with Gasteiger partial charge >= 0.3 is 0 Å². The number of piperazine rings is 1. The summed E-state index contributed by atoms with van der Waals surface area (Å²) in [6, 6.07) is 3.00. The zero-order valence-electron chi connectivity index (χ0n) is 17.0. The average molecular weight is 409 g/mol. The molecule has 156 valence electrons. The number of methoxy groups -OCH3 is 2. The Hall–Kier alpha value is -3.32. The number of hydrogen-bond acceptors (Lipinski definition) is 5. The Kier molecular flexibility index (Phi) is 5.72. The van der Waals surface area contributed by atoms with Gasteiger partial charge in [-0.25, -0.2) is 4.39 Å². The first kappa shape index (κ1) is 20.0. The summed E-state index contributed by atoms with van der Waals surface area (Å²) >= 11 is 0. The Labute approximate surface area is 175 Å². The molecular formula is C23H24FN3O3.